The smallest absolute Gasteiger partial charge is 0.251 e. The van der Waals surface area contributed by atoms with Crippen molar-refractivity contribution in [2.45, 2.75) is 19.9 Å². The first kappa shape index (κ1) is 15.1. The molecule has 1 atom stereocenters. The van der Waals surface area contributed by atoms with Gasteiger partial charge in [0.1, 0.15) is 5.76 Å². The highest BCUT2D eigenvalue weighted by Crippen LogP contribution is 2.21. The zero-order chi connectivity index (χ0) is 16.4. The number of furan rings is 1. The van der Waals surface area contributed by atoms with Gasteiger partial charge in [-0.2, -0.15) is 5.10 Å². The monoisotopic (exact) mass is 309 g/mol. The molecule has 2 aromatic heterocycles. The van der Waals surface area contributed by atoms with Crippen LogP contribution in [0, 0.1) is 6.92 Å². The molecule has 1 amide bonds. The van der Waals surface area contributed by atoms with Crippen LogP contribution in [0.5, 0.6) is 0 Å². The summed E-state index contributed by atoms with van der Waals surface area (Å²) in [6.07, 6.45) is 3.55. The van der Waals surface area contributed by atoms with Crippen LogP contribution in [0.2, 0.25) is 0 Å². The van der Waals surface area contributed by atoms with Gasteiger partial charge in [-0.3, -0.25) is 9.48 Å². The minimum absolute atomic E-state index is 0.108. The molecule has 3 rings (SSSR count). The molecule has 0 saturated carbocycles. The highest BCUT2D eigenvalue weighted by Gasteiger charge is 2.16. The summed E-state index contributed by atoms with van der Waals surface area (Å²) in [7, 11) is 1.87. The van der Waals surface area contributed by atoms with Crippen molar-refractivity contribution in [3.8, 4) is 11.3 Å². The Kier molecular flexibility index (Phi) is 4.02. The third kappa shape index (κ3) is 3.18. The molecular weight excluding hydrogens is 290 g/mol. The number of amides is 1. The first-order valence-corrected chi connectivity index (χ1v) is 7.49. The lowest BCUT2D eigenvalue weighted by atomic mass is 10.1. The van der Waals surface area contributed by atoms with Gasteiger partial charge in [0.25, 0.3) is 5.91 Å². The second-order valence-corrected chi connectivity index (χ2v) is 5.60. The third-order valence-corrected chi connectivity index (χ3v) is 3.80. The van der Waals surface area contributed by atoms with E-state index in [2.05, 4.69) is 10.4 Å². The van der Waals surface area contributed by atoms with Gasteiger partial charge in [0.15, 0.2) is 0 Å². The molecule has 23 heavy (non-hydrogen) atoms. The molecule has 1 unspecified atom stereocenters. The fraction of sp³-hybridized carbons (Fsp3) is 0.222. The molecule has 0 saturated heterocycles. The van der Waals surface area contributed by atoms with E-state index in [0.29, 0.717) is 5.56 Å². The lowest BCUT2D eigenvalue weighted by Gasteiger charge is -2.13. The summed E-state index contributed by atoms with van der Waals surface area (Å²) in [6, 6.07) is 11.0. The standard InChI is InChI=1S/C18H19N3O2/c1-12(16-11-21(3)20-13(16)2)19-18(22)15-7-4-6-14(10-15)17-8-5-9-23-17/h4-12H,1-3H3,(H,19,22). The highest BCUT2D eigenvalue weighted by atomic mass is 16.3. The van der Waals surface area contributed by atoms with Crippen LogP contribution in [0.25, 0.3) is 11.3 Å². The van der Waals surface area contributed by atoms with Crippen molar-refractivity contribution in [2.75, 3.05) is 0 Å². The Morgan fingerprint density at radius 2 is 2.13 bits per heavy atom. The topological polar surface area (TPSA) is 60.1 Å². The fourth-order valence-corrected chi connectivity index (χ4v) is 2.66. The van der Waals surface area contributed by atoms with E-state index in [4.69, 9.17) is 4.42 Å². The van der Waals surface area contributed by atoms with E-state index in [0.717, 1.165) is 22.6 Å². The van der Waals surface area contributed by atoms with Crippen LogP contribution in [0.3, 0.4) is 0 Å². The molecule has 0 fully saturated rings. The largest absolute Gasteiger partial charge is 0.464 e. The summed E-state index contributed by atoms with van der Waals surface area (Å²) < 4.78 is 7.14. The van der Waals surface area contributed by atoms with Gasteiger partial charge in [-0.15, -0.1) is 0 Å². The van der Waals surface area contributed by atoms with Gasteiger partial charge in [-0.25, -0.2) is 0 Å². The van der Waals surface area contributed by atoms with E-state index in [1.807, 2.05) is 57.4 Å². The Balaban J connectivity index is 1.78. The third-order valence-electron chi connectivity index (χ3n) is 3.80. The minimum atomic E-state index is -0.117. The van der Waals surface area contributed by atoms with E-state index < -0.39 is 0 Å². The number of nitrogens with zero attached hydrogens (tertiary/aromatic N) is 2. The van der Waals surface area contributed by atoms with Gasteiger partial charge < -0.3 is 9.73 Å². The lowest BCUT2D eigenvalue weighted by molar-refractivity contribution is 0.0940. The lowest BCUT2D eigenvalue weighted by Crippen LogP contribution is -2.26. The molecule has 118 valence electrons. The summed E-state index contributed by atoms with van der Waals surface area (Å²) >= 11 is 0. The number of aryl methyl sites for hydroxylation is 2. The average molecular weight is 309 g/mol. The van der Waals surface area contributed by atoms with Crippen LogP contribution < -0.4 is 5.32 Å². The fourth-order valence-electron chi connectivity index (χ4n) is 2.66. The Labute approximate surface area is 134 Å². The van der Waals surface area contributed by atoms with Crippen LogP contribution in [0.15, 0.2) is 53.3 Å². The summed E-state index contributed by atoms with van der Waals surface area (Å²) in [5.41, 5.74) is 3.42. The van der Waals surface area contributed by atoms with E-state index in [9.17, 15) is 4.79 Å². The molecule has 0 aliphatic heterocycles. The molecule has 1 aromatic carbocycles. The van der Waals surface area contributed by atoms with Gasteiger partial charge >= 0.3 is 0 Å². The summed E-state index contributed by atoms with van der Waals surface area (Å²) in [5, 5.41) is 7.33. The predicted octanol–water partition coefficient (Wildman–Crippen LogP) is 3.48. The van der Waals surface area contributed by atoms with E-state index >= 15 is 0 Å². The quantitative estimate of drug-likeness (QED) is 0.802. The second-order valence-electron chi connectivity index (χ2n) is 5.60. The number of carbonyl (C=O) groups excluding carboxylic acids is 1. The molecule has 5 nitrogen and oxygen atoms in total. The van der Waals surface area contributed by atoms with Gasteiger partial charge in [0.05, 0.1) is 18.0 Å². The van der Waals surface area contributed by atoms with Gasteiger partial charge in [-0.05, 0) is 38.1 Å². The summed E-state index contributed by atoms with van der Waals surface area (Å²) in [4.78, 5) is 12.5. The summed E-state index contributed by atoms with van der Waals surface area (Å²) in [5.74, 6) is 0.630. The number of benzene rings is 1. The Bertz CT molecular complexity index is 819. The Morgan fingerprint density at radius 3 is 2.78 bits per heavy atom. The van der Waals surface area contributed by atoms with Crippen molar-refractivity contribution >= 4 is 5.91 Å². The molecule has 0 bridgehead atoms. The van der Waals surface area contributed by atoms with Crippen molar-refractivity contribution < 1.29 is 9.21 Å². The molecular formula is C18H19N3O2. The van der Waals surface area contributed by atoms with E-state index in [1.165, 1.54) is 0 Å². The number of hydrogen-bond donors (Lipinski definition) is 1. The van der Waals surface area contributed by atoms with E-state index in [-0.39, 0.29) is 11.9 Å². The Hall–Kier alpha value is -2.82. The number of aromatic nitrogens is 2. The number of carbonyl (C=O) groups is 1. The predicted molar refractivity (Wildman–Crippen MR) is 88.0 cm³/mol. The molecule has 0 spiro atoms. The number of rotatable bonds is 4. The maximum atomic E-state index is 12.5. The van der Waals surface area contributed by atoms with Gasteiger partial charge in [-0.1, -0.05) is 12.1 Å². The number of hydrogen-bond acceptors (Lipinski definition) is 3. The molecule has 2 heterocycles. The van der Waals surface area contributed by atoms with Crippen LogP contribution in [-0.2, 0) is 7.05 Å². The molecule has 3 aromatic rings. The highest BCUT2D eigenvalue weighted by molar-refractivity contribution is 5.95. The van der Waals surface area contributed by atoms with E-state index in [1.54, 1.807) is 17.0 Å². The minimum Gasteiger partial charge on any atom is -0.464 e. The van der Waals surface area contributed by atoms with Crippen molar-refractivity contribution in [1.29, 1.82) is 0 Å². The normalized spacial score (nSPS) is 12.1. The molecule has 0 aliphatic rings. The van der Waals surface area contributed by atoms with Gasteiger partial charge in [0, 0.05) is 29.9 Å². The van der Waals surface area contributed by atoms with Crippen molar-refractivity contribution in [3.63, 3.8) is 0 Å². The van der Waals surface area contributed by atoms with Crippen LogP contribution in [0.1, 0.15) is 34.6 Å². The van der Waals surface area contributed by atoms with Crippen molar-refractivity contribution in [2.24, 2.45) is 7.05 Å². The second kappa shape index (κ2) is 6.12. The van der Waals surface area contributed by atoms with Crippen LogP contribution in [0.4, 0.5) is 0 Å². The maximum Gasteiger partial charge on any atom is 0.251 e. The first-order valence-electron chi connectivity index (χ1n) is 7.49. The maximum absolute atomic E-state index is 12.5. The zero-order valence-corrected chi connectivity index (χ0v) is 13.4. The summed E-state index contributed by atoms with van der Waals surface area (Å²) in [6.45, 7) is 3.90. The molecule has 1 N–H and O–H groups in total. The molecule has 0 radical (unpaired) electrons. The van der Waals surface area contributed by atoms with Crippen LogP contribution in [-0.4, -0.2) is 15.7 Å². The zero-order valence-electron chi connectivity index (χ0n) is 13.4. The Morgan fingerprint density at radius 1 is 1.30 bits per heavy atom. The average Bonchev–Trinajstić information content (AvgIpc) is 3.17. The first-order chi connectivity index (χ1) is 11.0. The molecule has 0 aliphatic carbocycles. The van der Waals surface area contributed by atoms with Gasteiger partial charge in [0.2, 0.25) is 0 Å². The SMILES string of the molecule is Cc1nn(C)cc1C(C)NC(=O)c1cccc(-c2ccco2)c1. The number of nitrogens with one attached hydrogen (secondary N) is 1. The van der Waals surface area contributed by atoms with Crippen LogP contribution >= 0.6 is 0 Å². The molecule has 5 heteroatoms. The van der Waals surface area contributed by atoms with Crippen molar-refractivity contribution in [3.05, 3.63) is 65.7 Å². The van der Waals surface area contributed by atoms with Crippen molar-refractivity contribution in [1.82, 2.24) is 15.1 Å².